The molecule has 4 aliphatic carbocycles. The molecule has 4 nitrogen and oxygen atoms in total. The van der Waals surface area contributed by atoms with Crippen LogP contribution < -0.4 is 5.06 Å². The Morgan fingerprint density at radius 1 is 1.20 bits per heavy atom. The van der Waals surface area contributed by atoms with Crippen molar-refractivity contribution in [1.82, 2.24) is 0 Å². The number of carbonyl (C=O) groups is 1. The third-order valence-electron chi connectivity index (χ3n) is 7.08. The lowest BCUT2D eigenvalue weighted by atomic mass is 9.48. The second-order valence-corrected chi connectivity index (χ2v) is 8.85. The van der Waals surface area contributed by atoms with Gasteiger partial charge in [-0.2, -0.15) is 0 Å². The summed E-state index contributed by atoms with van der Waals surface area (Å²) in [5.74, 6) is 2.23. The third-order valence-corrected chi connectivity index (χ3v) is 7.08. The van der Waals surface area contributed by atoms with Gasteiger partial charge in [-0.3, -0.25) is 0 Å². The monoisotopic (exact) mass is 339 g/mol. The molecule has 0 saturated heterocycles. The molecule has 0 spiro atoms. The van der Waals surface area contributed by atoms with E-state index in [4.69, 9.17) is 4.74 Å². The van der Waals surface area contributed by atoms with E-state index in [0.717, 1.165) is 35.4 Å². The first kappa shape index (κ1) is 15.6. The largest absolute Gasteiger partial charge is 0.624 e. The summed E-state index contributed by atoms with van der Waals surface area (Å²) in [6.07, 6.45) is 11.1. The molecule has 132 valence electrons. The zero-order valence-corrected chi connectivity index (χ0v) is 14.7. The first-order chi connectivity index (χ1) is 12.1. The van der Waals surface area contributed by atoms with Gasteiger partial charge < -0.3 is 15.0 Å². The number of ether oxygens (including phenoxy) is 1. The van der Waals surface area contributed by atoms with Gasteiger partial charge in [0.05, 0.1) is 7.11 Å². The van der Waals surface area contributed by atoms with Crippen LogP contribution in [0.2, 0.25) is 0 Å². The molecule has 5 aliphatic rings. The second kappa shape index (κ2) is 5.42. The van der Waals surface area contributed by atoms with Crippen molar-refractivity contribution in [2.45, 2.75) is 44.9 Å². The number of benzene rings is 1. The molecule has 0 radical (unpaired) electrons. The number of allylic oxidation sites excluding steroid dienone is 1. The lowest BCUT2D eigenvalue weighted by Gasteiger charge is -2.57. The second-order valence-electron chi connectivity index (χ2n) is 8.85. The molecular formula is C21H25NO3. The molecule has 1 aromatic carbocycles. The van der Waals surface area contributed by atoms with E-state index in [0.29, 0.717) is 16.7 Å². The number of carbonyl (C=O) groups excluding carboxylic acids is 1. The minimum absolute atomic E-state index is 0.0479. The molecule has 1 aliphatic heterocycles. The number of nitrogens with one attached hydrogen (secondary N) is 1. The number of hydrogen-bond donors (Lipinski definition) is 1. The van der Waals surface area contributed by atoms with Gasteiger partial charge in [0.25, 0.3) is 0 Å². The highest BCUT2D eigenvalue weighted by atomic mass is 16.5. The number of hydrogen-bond acceptors (Lipinski definition) is 3. The number of esters is 1. The minimum atomic E-state index is -0.422. The molecule has 4 bridgehead atoms. The number of hydroxylamine groups is 1. The Kier molecular flexibility index (Phi) is 3.38. The van der Waals surface area contributed by atoms with Gasteiger partial charge in [-0.25, -0.2) is 4.79 Å². The molecule has 4 heteroatoms. The summed E-state index contributed by atoms with van der Waals surface area (Å²) < 4.78 is 4.86. The van der Waals surface area contributed by atoms with Crippen molar-refractivity contribution in [3.8, 4) is 0 Å². The summed E-state index contributed by atoms with van der Waals surface area (Å²) >= 11 is 0. The molecule has 1 atom stereocenters. The summed E-state index contributed by atoms with van der Waals surface area (Å²) in [5.41, 5.74) is 3.08. The molecular weight excluding hydrogens is 314 g/mol. The van der Waals surface area contributed by atoms with Crippen molar-refractivity contribution in [2.24, 2.45) is 23.2 Å². The van der Waals surface area contributed by atoms with Crippen LogP contribution in [0.15, 0.2) is 23.9 Å². The van der Waals surface area contributed by atoms with Crippen molar-refractivity contribution in [3.63, 3.8) is 0 Å². The Morgan fingerprint density at radius 2 is 1.84 bits per heavy atom. The zero-order valence-electron chi connectivity index (χ0n) is 14.7. The lowest BCUT2D eigenvalue weighted by Crippen LogP contribution is -2.99. The van der Waals surface area contributed by atoms with E-state index >= 15 is 0 Å². The normalized spacial score (nSPS) is 37.8. The average molecular weight is 339 g/mol. The van der Waals surface area contributed by atoms with E-state index in [9.17, 15) is 10.0 Å². The highest BCUT2D eigenvalue weighted by Crippen LogP contribution is 2.62. The van der Waals surface area contributed by atoms with Crippen molar-refractivity contribution >= 4 is 17.7 Å². The fourth-order valence-corrected chi connectivity index (χ4v) is 6.68. The topological polar surface area (TPSA) is 53.8 Å². The molecule has 4 fully saturated rings. The Bertz CT molecular complexity index is 731. The van der Waals surface area contributed by atoms with Crippen LogP contribution in [0.1, 0.15) is 60.9 Å². The van der Waals surface area contributed by atoms with Crippen molar-refractivity contribution in [1.29, 1.82) is 0 Å². The van der Waals surface area contributed by atoms with Crippen LogP contribution in [0.25, 0.3) is 6.08 Å². The standard InChI is InChI=1S/C21H25NO3/c1-25-20(23)18-4-2-3-16-8-17(22(24)19(16)18)12-21-9-13-5-14(10-21)7-15(6-13)11-21/h2-4,8,13-15,22H,5-7,9-12H2,1H3. The Morgan fingerprint density at radius 3 is 2.44 bits per heavy atom. The van der Waals surface area contributed by atoms with Crippen LogP contribution in [0.4, 0.5) is 5.69 Å². The quantitative estimate of drug-likeness (QED) is 0.678. The van der Waals surface area contributed by atoms with Gasteiger partial charge in [-0.05, 0) is 73.8 Å². The molecule has 4 saturated carbocycles. The smallest absolute Gasteiger partial charge is 0.343 e. The van der Waals surface area contributed by atoms with Crippen LogP contribution in [-0.2, 0) is 4.74 Å². The molecule has 1 unspecified atom stereocenters. The summed E-state index contributed by atoms with van der Waals surface area (Å²) in [5, 5.41) is 13.1. The first-order valence-electron chi connectivity index (χ1n) is 9.53. The SMILES string of the molecule is COC(=O)c1cccc2c1[NH+]([O-])C(CC13CC4CC(CC(C4)C1)C3)=C2. The van der Waals surface area contributed by atoms with Gasteiger partial charge in [0, 0.05) is 18.1 Å². The minimum Gasteiger partial charge on any atom is -0.624 e. The highest BCUT2D eigenvalue weighted by molar-refractivity contribution is 5.96. The van der Waals surface area contributed by atoms with Crippen molar-refractivity contribution in [3.05, 3.63) is 40.2 Å². The highest BCUT2D eigenvalue weighted by Gasteiger charge is 2.52. The first-order valence-corrected chi connectivity index (χ1v) is 9.53. The van der Waals surface area contributed by atoms with Crippen LogP contribution in [0.5, 0.6) is 0 Å². The van der Waals surface area contributed by atoms with E-state index < -0.39 is 5.97 Å². The molecule has 6 rings (SSSR count). The fourth-order valence-electron chi connectivity index (χ4n) is 6.68. The van der Waals surface area contributed by atoms with Crippen molar-refractivity contribution < 1.29 is 14.6 Å². The molecule has 1 aromatic rings. The van der Waals surface area contributed by atoms with E-state index in [1.165, 1.54) is 45.6 Å². The zero-order chi connectivity index (χ0) is 17.2. The summed E-state index contributed by atoms with van der Waals surface area (Å²) in [6, 6.07) is 5.47. The Balaban J connectivity index is 1.44. The Labute approximate surface area is 148 Å². The molecule has 0 aromatic heterocycles. The third kappa shape index (κ3) is 2.38. The van der Waals surface area contributed by atoms with E-state index in [1.807, 2.05) is 18.2 Å². The molecule has 1 heterocycles. The maximum atomic E-state index is 13.1. The molecule has 1 N–H and O–H groups in total. The average Bonchev–Trinajstić information content (AvgIpc) is 2.88. The van der Waals surface area contributed by atoms with Crippen molar-refractivity contribution in [2.75, 3.05) is 7.11 Å². The van der Waals surface area contributed by atoms with Crippen LogP contribution in [0, 0.1) is 28.4 Å². The predicted molar refractivity (Wildman–Crippen MR) is 95.0 cm³/mol. The van der Waals surface area contributed by atoms with Gasteiger partial charge >= 0.3 is 5.97 Å². The van der Waals surface area contributed by atoms with Gasteiger partial charge in [-0.1, -0.05) is 6.07 Å². The van der Waals surface area contributed by atoms with Gasteiger partial charge in [0.2, 0.25) is 0 Å². The van der Waals surface area contributed by atoms with E-state index in [2.05, 4.69) is 0 Å². The van der Waals surface area contributed by atoms with Crippen LogP contribution in [0.3, 0.4) is 0 Å². The Hall–Kier alpha value is -1.65. The van der Waals surface area contributed by atoms with Gasteiger partial charge in [-0.15, -0.1) is 0 Å². The number of quaternary nitrogens is 1. The van der Waals surface area contributed by atoms with Crippen LogP contribution >= 0.6 is 0 Å². The fraction of sp³-hybridized carbons (Fsp3) is 0.571. The maximum Gasteiger partial charge on any atom is 0.343 e. The maximum absolute atomic E-state index is 13.1. The number of para-hydroxylation sites is 1. The predicted octanol–water partition coefficient (Wildman–Crippen LogP) is 3.45. The molecule has 25 heavy (non-hydrogen) atoms. The van der Waals surface area contributed by atoms with Gasteiger partial charge in [0.1, 0.15) is 11.3 Å². The number of methoxy groups -OCH3 is 1. The lowest BCUT2D eigenvalue weighted by molar-refractivity contribution is -0.730. The summed E-state index contributed by atoms with van der Waals surface area (Å²) in [4.78, 5) is 12.0. The summed E-state index contributed by atoms with van der Waals surface area (Å²) in [6.45, 7) is 0. The van der Waals surface area contributed by atoms with Crippen LogP contribution in [-0.4, -0.2) is 13.1 Å². The summed E-state index contributed by atoms with van der Waals surface area (Å²) in [7, 11) is 1.37. The number of fused-ring (bicyclic) bond motifs is 1. The van der Waals surface area contributed by atoms with Gasteiger partial charge in [0.15, 0.2) is 5.69 Å². The molecule has 0 amide bonds. The number of rotatable bonds is 3. The van der Waals surface area contributed by atoms with E-state index in [1.54, 1.807) is 6.07 Å². The van der Waals surface area contributed by atoms with E-state index in [-0.39, 0.29) is 5.06 Å².